The first-order valence-electron chi connectivity index (χ1n) is 5.37. The SMILES string of the molecule is CCCS(=O)(=O)Nc1cc(C(=O)O)cc(C(=O)O)c1. The Morgan fingerprint density at radius 3 is 1.95 bits per heavy atom. The Morgan fingerprint density at radius 2 is 1.58 bits per heavy atom. The van der Waals surface area contributed by atoms with Crippen molar-refractivity contribution in [1.29, 1.82) is 0 Å². The second-order valence-corrected chi connectivity index (χ2v) is 5.67. The Kier molecular flexibility index (Phi) is 4.49. The molecule has 0 aliphatic heterocycles. The summed E-state index contributed by atoms with van der Waals surface area (Å²) in [5.74, 6) is -2.80. The van der Waals surface area contributed by atoms with Crippen molar-refractivity contribution >= 4 is 27.6 Å². The molecule has 0 amide bonds. The van der Waals surface area contributed by atoms with Crippen LogP contribution in [0.3, 0.4) is 0 Å². The molecule has 1 aromatic rings. The van der Waals surface area contributed by atoms with Crippen molar-refractivity contribution in [3.8, 4) is 0 Å². The van der Waals surface area contributed by atoms with Crippen LogP contribution in [0.5, 0.6) is 0 Å². The topological polar surface area (TPSA) is 121 Å². The molecule has 0 heterocycles. The highest BCUT2D eigenvalue weighted by Gasteiger charge is 2.15. The third-order valence-corrected chi connectivity index (χ3v) is 3.67. The molecule has 0 aliphatic rings. The lowest BCUT2D eigenvalue weighted by atomic mass is 10.1. The highest BCUT2D eigenvalue weighted by molar-refractivity contribution is 7.92. The predicted molar refractivity (Wildman–Crippen MR) is 68.1 cm³/mol. The summed E-state index contributed by atoms with van der Waals surface area (Å²) in [5, 5.41) is 17.7. The Bertz CT molecular complexity index is 575. The van der Waals surface area contributed by atoms with Crippen LogP contribution in [0.1, 0.15) is 34.1 Å². The highest BCUT2D eigenvalue weighted by Crippen LogP contribution is 2.17. The van der Waals surface area contributed by atoms with Crippen LogP contribution >= 0.6 is 0 Å². The van der Waals surface area contributed by atoms with E-state index in [4.69, 9.17) is 10.2 Å². The zero-order valence-electron chi connectivity index (χ0n) is 10.1. The molecule has 19 heavy (non-hydrogen) atoms. The third-order valence-electron chi connectivity index (χ3n) is 2.17. The van der Waals surface area contributed by atoms with Crippen LogP contribution in [-0.4, -0.2) is 36.3 Å². The van der Waals surface area contributed by atoms with E-state index in [0.29, 0.717) is 6.42 Å². The van der Waals surface area contributed by atoms with Gasteiger partial charge in [0.05, 0.1) is 22.6 Å². The van der Waals surface area contributed by atoms with Gasteiger partial charge < -0.3 is 10.2 Å². The molecule has 0 saturated carbocycles. The second kappa shape index (κ2) is 5.70. The van der Waals surface area contributed by atoms with Crippen molar-refractivity contribution in [3.05, 3.63) is 29.3 Å². The van der Waals surface area contributed by atoms with Crippen LogP contribution in [-0.2, 0) is 10.0 Å². The van der Waals surface area contributed by atoms with Gasteiger partial charge >= 0.3 is 11.9 Å². The van der Waals surface area contributed by atoms with Crippen molar-refractivity contribution in [2.45, 2.75) is 13.3 Å². The van der Waals surface area contributed by atoms with E-state index in [0.717, 1.165) is 18.2 Å². The molecule has 0 saturated heterocycles. The number of hydrogen-bond donors (Lipinski definition) is 3. The van der Waals surface area contributed by atoms with Crippen LogP contribution in [0.25, 0.3) is 0 Å². The second-order valence-electron chi connectivity index (χ2n) is 3.83. The lowest BCUT2D eigenvalue weighted by Crippen LogP contribution is -2.17. The number of rotatable bonds is 6. The maximum Gasteiger partial charge on any atom is 0.335 e. The van der Waals surface area contributed by atoms with E-state index < -0.39 is 22.0 Å². The fourth-order valence-electron chi connectivity index (χ4n) is 1.43. The monoisotopic (exact) mass is 287 g/mol. The summed E-state index contributed by atoms with van der Waals surface area (Å²) in [7, 11) is -3.61. The van der Waals surface area contributed by atoms with Crippen molar-refractivity contribution in [3.63, 3.8) is 0 Å². The average molecular weight is 287 g/mol. The maximum absolute atomic E-state index is 11.6. The molecule has 1 aromatic carbocycles. The molecular weight excluding hydrogens is 274 g/mol. The van der Waals surface area contributed by atoms with Crippen LogP contribution in [0.15, 0.2) is 18.2 Å². The van der Waals surface area contributed by atoms with Crippen LogP contribution in [0.4, 0.5) is 5.69 Å². The van der Waals surface area contributed by atoms with E-state index in [2.05, 4.69) is 4.72 Å². The van der Waals surface area contributed by atoms with Gasteiger partial charge in [-0.2, -0.15) is 0 Å². The first-order valence-corrected chi connectivity index (χ1v) is 7.02. The van der Waals surface area contributed by atoms with Crippen molar-refractivity contribution in [2.24, 2.45) is 0 Å². The first kappa shape index (κ1) is 15.0. The average Bonchev–Trinajstić information content (AvgIpc) is 2.27. The minimum absolute atomic E-state index is 0.0780. The van der Waals surface area contributed by atoms with Gasteiger partial charge in [0.25, 0.3) is 0 Å². The van der Waals surface area contributed by atoms with Crippen LogP contribution < -0.4 is 4.72 Å². The minimum atomic E-state index is -3.61. The number of aromatic carboxylic acids is 2. The molecule has 0 unspecified atom stereocenters. The lowest BCUT2D eigenvalue weighted by molar-refractivity contribution is 0.0696. The van der Waals surface area contributed by atoms with Crippen molar-refractivity contribution < 1.29 is 28.2 Å². The largest absolute Gasteiger partial charge is 0.478 e. The summed E-state index contributed by atoms with van der Waals surface area (Å²) < 4.78 is 25.3. The molecule has 3 N–H and O–H groups in total. The van der Waals surface area contributed by atoms with Gasteiger partial charge in [-0.25, -0.2) is 18.0 Å². The molecule has 0 spiro atoms. The predicted octanol–water partition coefficient (Wildman–Crippen LogP) is 1.23. The molecule has 0 atom stereocenters. The minimum Gasteiger partial charge on any atom is -0.478 e. The molecule has 0 radical (unpaired) electrons. The number of sulfonamides is 1. The zero-order chi connectivity index (χ0) is 14.6. The van der Waals surface area contributed by atoms with Gasteiger partial charge in [0.2, 0.25) is 10.0 Å². The van der Waals surface area contributed by atoms with Crippen LogP contribution in [0, 0.1) is 0 Å². The molecule has 0 bridgehead atoms. The van der Waals surface area contributed by atoms with Gasteiger partial charge in [0.15, 0.2) is 0 Å². The van der Waals surface area contributed by atoms with Gasteiger partial charge in [-0.15, -0.1) is 0 Å². The van der Waals surface area contributed by atoms with Crippen molar-refractivity contribution in [1.82, 2.24) is 0 Å². The van der Waals surface area contributed by atoms with E-state index in [1.165, 1.54) is 0 Å². The molecule has 7 nitrogen and oxygen atoms in total. The summed E-state index contributed by atoms with van der Waals surface area (Å²) in [6, 6.07) is 3.10. The normalized spacial score (nSPS) is 11.0. The van der Waals surface area contributed by atoms with Crippen molar-refractivity contribution in [2.75, 3.05) is 10.5 Å². The molecule has 0 aromatic heterocycles. The Hall–Kier alpha value is -2.09. The van der Waals surface area contributed by atoms with E-state index in [9.17, 15) is 18.0 Å². The molecule has 104 valence electrons. The summed E-state index contributed by atoms with van der Waals surface area (Å²) in [5.41, 5.74) is -0.672. The molecule has 8 heteroatoms. The van der Waals surface area contributed by atoms with E-state index in [1.807, 2.05) is 0 Å². The number of anilines is 1. The van der Waals surface area contributed by atoms with E-state index >= 15 is 0 Å². The standard InChI is InChI=1S/C11H13NO6S/c1-2-3-19(17,18)12-9-5-7(10(13)14)4-8(6-9)11(15)16/h4-6,12H,2-3H2,1H3,(H,13,14)(H,15,16). The molecule has 1 rings (SSSR count). The Balaban J connectivity index is 3.21. The molecule has 0 aliphatic carbocycles. The number of carbonyl (C=O) groups is 2. The number of hydrogen-bond acceptors (Lipinski definition) is 4. The fourth-order valence-corrected chi connectivity index (χ4v) is 2.55. The maximum atomic E-state index is 11.6. The highest BCUT2D eigenvalue weighted by atomic mass is 32.2. The summed E-state index contributed by atoms with van der Waals surface area (Å²) in [4.78, 5) is 21.7. The van der Waals surface area contributed by atoms with Crippen LogP contribution in [0.2, 0.25) is 0 Å². The zero-order valence-corrected chi connectivity index (χ0v) is 10.9. The number of carboxylic acid groups (broad SMARTS) is 2. The molecule has 0 fully saturated rings. The quantitative estimate of drug-likeness (QED) is 0.723. The fraction of sp³-hybridized carbons (Fsp3) is 0.273. The Labute approximate surface area is 109 Å². The van der Waals surface area contributed by atoms with Gasteiger partial charge in [-0.3, -0.25) is 4.72 Å². The summed E-state index contributed by atoms with van der Waals surface area (Å²) >= 11 is 0. The third kappa shape index (κ3) is 4.25. The van der Waals surface area contributed by atoms with Gasteiger partial charge in [0.1, 0.15) is 0 Å². The summed E-state index contributed by atoms with van der Waals surface area (Å²) in [6.45, 7) is 1.68. The Morgan fingerprint density at radius 1 is 1.11 bits per heavy atom. The number of benzene rings is 1. The smallest absolute Gasteiger partial charge is 0.335 e. The number of carboxylic acids is 2. The lowest BCUT2D eigenvalue weighted by Gasteiger charge is -2.09. The van der Waals surface area contributed by atoms with Gasteiger partial charge in [-0.05, 0) is 24.6 Å². The number of nitrogens with one attached hydrogen (secondary N) is 1. The van der Waals surface area contributed by atoms with E-state index in [-0.39, 0.29) is 22.6 Å². The molecular formula is C11H13NO6S. The first-order chi connectivity index (χ1) is 8.75. The van der Waals surface area contributed by atoms with Gasteiger partial charge in [0, 0.05) is 0 Å². The van der Waals surface area contributed by atoms with Gasteiger partial charge in [-0.1, -0.05) is 6.92 Å². The van der Waals surface area contributed by atoms with E-state index in [1.54, 1.807) is 6.92 Å². The summed E-state index contributed by atoms with van der Waals surface area (Å²) in [6.07, 6.45) is 0.389.